The van der Waals surface area contributed by atoms with Crippen LogP contribution in [0, 0.1) is 11.6 Å². The number of nitrogens with zero attached hydrogens (tertiary/aromatic N) is 4. The Kier molecular flexibility index (Phi) is 4.42. The third kappa shape index (κ3) is 3.17. The van der Waals surface area contributed by atoms with Crippen LogP contribution < -0.4 is 10.1 Å². The maximum absolute atomic E-state index is 15.8. The van der Waals surface area contributed by atoms with E-state index in [0.717, 1.165) is 35.0 Å². The molecule has 2 aromatic heterocycles. The summed E-state index contributed by atoms with van der Waals surface area (Å²) in [5, 5.41) is 12.5. The molecule has 1 aliphatic carbocycles. The van der Waals surface area contributed by atoms with E-state index in [1.54, 1.807) is 6.07 Å². The highest BCUT2D eigenvalue weighted by molar-refractivity contribution is 7.89. The third-order valence-electron chi connectivity index (χ3n) is 6.65. The molecule has 0 radical (unpaired) electrons. The monoisotopic (exact) mass is 499 g/mol. The lowest BCUT2D eigenvalue weighted by Crippen LogP contribution is -2.36. The van der Waals surface area contributed by atoms with Gasteiger partial charge in [-0.15, -0.1) is 10.2 Å². The molecule has 6 rings (SSSR count). The van der Waals surface area contributed by atoms with Crippen LogP contribution in [0.5, 0.6) is 5.75 Å². The maximum atomic E-state index is 15.8. The van der Waals surface area contributed by atoms with E-state index < -0.39 is 27.2 Å². The molecule has 8 nitrogen and oxygen atoms in total. The van der Waals surface area contributed by atoms with Gasteiger partial charge in [0.2, 0.25) is 10.0 Å². The van der Waals surface area contributed by atoms with Gasteiger partial charge in [-0.1, -0.05) is 0 Å². The summed E-state index contributed by atoms with van der Waals surface area (Å²) >= 11 is 0. The third-order valence-corrected chi connectivity index (χ3v) is 7.68. The average Bonchev–Trinajstić information content (AvgIpc) is 3.35. The molecule has 0 saturated heterocycles. The Hall–Kier alpha value is -3.47. The molecule has 0 atom stereocenters. The summed E-state index contributed by atoms with van der Waals surface area (Å²) in [6, 6.07) is 5.27. The molecule has 2 aliphatic rings. The zero-order valence-corrected chi connectivity index (χ0v) is 20.4. The molecular formula is C24H23F2N5O3S. The van der Waals surface area contributed by atoms with E-state index in [1.807, 2.05) is 18.4 Å². The van der Waals surface area contributed by atoms with Gasteiger partial charge in [-0.25, -0.2) is 21.2 Å². The van der Waals surface area contributed by atoms with Gasteiger partial charge in [0.15, 0.2) is 11.6 Å². The molecule has 35 heavy (non-hydrogen) atoms. The maximum Gasteiger partial charge on any atom is 0.236 e. The van der Waals surface area contributed by atoms with Gasteiger partial charge in [0.25, 0.3) is 0 Å². The summed E-state index contributed by atoms with van der Waals surface area (Å²) in [6.45, 7) is 3.80. The van der Waals surface area contributed by atoms with Crippen molar-refractivity contribution >= 4 is 26.6 Å². The SMILES string of the molecule is COc1c(-c2cc(F)cc3c2ccn3S(C)(=O)=O)cc(F)c2c1-n1c(C3CC3)nnc1C(C)(C)N2. The Morgan fingerprint density at radius 3 is 2.54 bits per heavy atom. The first-order valence-corrected chi connectivity index (χ1v) is 13.0. The smallest absolute Gasteiger partial charge is 0.236 e. The molecule has 182 valence electrons. The minimum absolute atomic E-state index is 0.158. The zero-order chi connectivity index (χ0) is 24.9. The highest BCUT2D eigenvalue weighted by atomic mass is 32.2. The quantitative estimate of drug-likeness (QED) is 0.444. The summed E-state index contributed by atoms with van der Waals surface area (Å²) in [5.41, 5.74) is 0.732. The van der Waals surface area contributed by atoms with Crippen molar-refractivity contribution < 1.29 is 21.9 Å². The van der Waals surface area contributed by atoms with Crippen molar-refractivity contribution in [2.75, 3.05) is 18.7 Å². The van der Waals surface area contributed by atoms with Gasteiger partial charge in [-0.05, 0) is 56.5 Å². The highest BCUT2D eigenvalue weighted by Crippen LogP contribution is 2.51. The summed E-state index contributed by atoms with van der Waals surface area (Å²) in [4.78, 5) is 0. The number of halogens is 2. The van der Waals surface area contributed by atoms with Crippen LogP contribution >= 0.6 is 0 Å². The van der Waals surface area contributed by atoms with E-state index >= 15 is 4.39 Å². The second-order valence-corrected chi connectivity index (χ2v) is 11.5. The normalized spacial score (nSPS) is 16.6. The number of ether oxygens (including phenoxy) is 1. The number of fused-ring (bicyclic) bond motifs is 4. The van der Waals surface area contributed by atoms with Crippen LogP contribution in [0.2, 0.25) is 0 Å². The van der Waals surface area contributed by atoms with Crippen molar-refractivity contribution in [3.63, 3.8) is 0 Å². The topological polar surface area (TPSA) is 91.0 Å². The standard InChI is InChI=1S/C24H23F2N5O3S/c1-24(2)23-29-28-22(12-5-6-12)31(23)20-19(27-24)17(26)11-16(21(20)34-3)15-9-13(25)10-18-14(15)7-8-30(18)35(4,32)33/h7-12,27H,5-6H2,1-4H3. The van der Waals surface area contributed by atoms with Crippen LogP contribution in [0.1, 0.15) is 44.3 Å². The Balaban J connectivity index is 1.70. The minimum Gasteiger partial charge on any atom is -0.494 e. The minimum atomic E-state index is -3.68. The second kappa shape index (κ2) is 7.03. The van der Waals surface area contributed by atoms with Gasteiger partial charge in [0.05, 0.1) is 30.1 Å². The van der Waals surface area contributed by atoms with E-state index in [0.29, 0.717) is 33.8 Å². The van der Waals surface area contributed by atoms with Crippen LogP contribution in [-0.4, -0.2) is 40.5 Å². The molecule has 0 amide bonds. The number of rotatable bonds is 4. The van der Waals surface area contributed by atoms with Crippen LogP contribution in [0.25, 0.3) is 27.7 Å². The lowest BCUT2D eigenvalue weighted by Gasteiger charge is -2.35. The fraction of sp³-hybridized carbons (Fsp3) is 0.333. The second-order valence-electron chi connectivity index (χ2n) is 9.66. The number of hydrogen-bond acceptors (Lipinski definition) is 6. The predicted octanol–water partition coefficient (Wildman–Crippen LogP) is 4.52. The van der Waals surface area contributed by atoms with E-state index in [-0.39, 0.29) is 17.1 Å². The van der Waals surface area contributed by atoms with Crippen LogP contribution in [0.15, 0.2) is 30.5 Å². The largest absolute Gasteiger partial charge is 0.494 e. The average molecular weight is 500 g/mol. The van der Waals surface area contributed by atoms with Crippen molar-refractivity contribution in [1.29, 1.82) is 0 Å². The van der Waals surface area contributed by atoms with Gasteiger partial charge in [0, 0.05) is 23.1 Å². The van der Waals surface area contributed by atoms with Crippen LogP contribution in [-0.2, 0) is 15.6 Å². The summed E-state index contributed by atoms with van der Waals surface area (Å²) in [7, 11) is -2.21. The zero-order valence-electron chi connectivity index (χ0n) is 19.6. The van der Waals surface area contributed by atoms with Crippen molar-refractivity contribution in [3.05, 3.63) is 53.7 Å². The Morgan fingerprint density at radius 2 is 1.89 bits per heavy atom. The number of benzene rings is 2. The summed E-state index contributed by atoms with van der Waals surface area (Å²) < 4.78 is 63.7. The lowest BCUT2D eigenvalue weighted by atomic mass is 9.94. The number of nitrogens with one attached hydrogen (secondary N) is 1. The molecule has 1 N–H and O–H groups in total. The van der Waals surface area contributed by atoms with Crippen molar-refractivity contribution in [2.24, 2.45) is 0 Å². The van der Waals surface area contributed by atoms with Crippen LogP contribution in [0.3, 0.4) is 0 Å². The fourth-order valence-corrected chi connectivity index (χ4v) is 5.74. The van der Waals surface area contributed by atoms with E-state index in [4.69, 9.17) is 4.74 Å². The summed E-state index contributed by atoms with van der Waals surface area (Å²) in [6.07, 6.45) is 4.33. The molecule has 1 fully saturated rings. The first kappa shape index (κ1) is 22.0. The Morgan fingerprint density at radius 1 is 1.14 bits per heavy atom. The Labute approximate surface area is 200 Å². The first-order valence-electron chi connectivity index (χ1n) is 11.2. The highest BCUT2D eigenvalue weighted by Gasteiger charge is 2.42. The molecule has 0 spiro atoms. The molecule has 0 bridgehead atoms. The predicted molar refractivity (Wildman–Crippen MR) is 128 cm³/mol. The number of methoxy groups -OCH3 is 1. The molecule has 1 aliphatic heterocycles. The lowest BCUT2D eigenvalue weighted by molar-refractivity contribution is 0.409. The van der Waals surface area contributed by atoms with E-state index in [2.05, 4.69) is 15.5 Å². The fourth-order valence-electron chi connectivity index (χ4n) is 4.95. The van der Waals surface area contributed by atoms with E-state index in [9.17, 15) is 12.8 Å². The summed E-state index contributed by atoms with van der Waals surface area (Å²) in [5.74, 6) is 0.683. The molecule has 2 aromatic carbocycles. The van der Waals surface area contributed by atoms with Crippen molar-refractivity contribution in [1.82, 2.24) is 18.7 Å². The van der Waals surface area contributed by atoms with Gasteiger partial charge in [0.1, 0.15) is 23.1 Å². The van der Waals surface area contributed by atoms with Crippen molar-refractivity contribution in [3.8, 4) is 22.6 Å². The Bertz CT molecular complexity index is 1650. The molecule has 4 aromatic rings. The first-order chi connectivity index (χ1) is 16.5. The van der Waals surface area contributed by atoms with Gasteiger partial charge < -0.3 is 10.1 Å². The van der Waals surface area contributed by atoms with Gasteiger partial charge in [-0.3, -0.25) is 4.57 Å². The van der Waals surface area contributed by atoms with Crippen molar-refractivity contribution in [2.45, 2.75) is 38.1 Å². The molecule has 0 unspecified atom stereocenters. The molecule has 11 heteroatoms. The van der Waals surface area contributed by atoms with Gasteiger partial charge in [-0.2, -0.15) is 0 Å². The number of anilines is 1. The van der Waals surface area contributed by atoms with Gasteiger partial charge >= 0.3 is 0 Å². The number of hydrogen-bond donors (Lipinski definition) is 1. The van der Waals surface area contributed by atoms with E-state index in [1.165, 1.54) is 25.4 Å². The molecular weight excluding hydrogens is 476 g/mol. The van der Waals surface area contributed by atoms with Crippen LogP contribution in [0.4, 0.5) is 14.5 Å². The number of aromatic nitrogens is 4. The molecule has 3 heterocycles. The molecule has 1 saturated carbocycles.